The molecule has 4 rings (SSSR count). The van der Waals surface area contributed by atoms with E-state index in [0.717, 1.165) is 15.8 Å². The smallest absolute Gasteiger partial charge is 0.342 e. The third kappa shape index (κ3) is 4.47. The van der Waals surface area contributed by atoms with Gasteiger partial charge in [-0.05, 0) is 43.2 Å². The Morgan fingerprint density at radius 1 is 1.16 bits per heavy atom. The number of amides is 1. The molecule has 0 bridgehead atoms. The Hall–Kier alpha value is -3.16. The van der Waals surface area contributed by atoms with E-state index in [1.54, 1.807) is 19.1 Å². The topological polar surface area (TPSA) is 81.4 Å². The number of rotatable bonds is 6. The van der Waals surface area contributed by atoms with Gasteiger partial charge in [-0.2, -0.15) is 0 Å². The summed E-state index contributed by atoms with van der Waals surface area (Å²) in [5.41, 5.74) is 2.49. The number of hydrogen-bond acceptors (Lipinski definition) is 6. The summed E-state index contributed by atoms with van der Waals surface area (Å²) in [4.78, 5) is 29.7. The Bertz CT molecular complexity index is 1230. The summed E-state index contributed by atoms with van der Waals surface area (Å²) in [5.74, 6) is -0.230. The van der Waals surface area contributed by atoms with E-state index < -0.39 is 5.97 Å². The number of nitrogens with zero attached hydrogens (tertiary/aromatic N) is 1. The largest absolute Gasteiger partial charge is 0.465 e. The van der Waals surface area contributed by atoms with Gasteiger partial charge in [-0.25, -0.2) is 9.78 Å². The first-order valence-corrected chi connectivity index (χ1v) is 10.8. The Balaban J connectivity index is 1.64. The molecule has 0 aliphatic rings. The monoisotopic (exact) mass is 454 g/mol. The molecule has 0 fully saturated rings. The quantitative estimate of drug-likeness (QED) is 0.368. The molecule has 0 saturated heterocycles. The van der Waals surface area contributed by atoms with Gasteiger partial charge in [0.15, 0.2) is 0 Å². The molecule has 2 aromatic heterocycles. The van der Waals surface area contributed by atoms with Gasteiger partial charge in [-0.1, -0.05) is 35.9 Å². The number of para-hydroxylation sites is 1. The van der Waals surface area contributed by atoms with Gasteiger partial charge in [-0.15, -0.1) is 11.3 Å². The van der Waals surface area contributed by atoms with Gasteiger partial charge in [0, 0.05) is 11.4 Å². The molecule has 8 heteroatoms. The molecule has 158 valence electrons. The van der Waals surface area contributed by atoms with Crippen LogP contribution in [0, 0.1) is 6.92 Å². The second kappa shape index (κ2) is 8.91. The lowest BCUT2D eigenvalue weighted by atomic mass is 10.1. The van der Waals surface area contributed by atoms with Crippen LogP contribution in [-0.4, -0.2) is 24.0 Å². The number of aryl methyl sites for hydroxylation is 2. The highest BCUT2D eigenvalue weighted by Gasteiger charge is 2.28. The van der Waals surface area contributed by atoms with Crippen molar-refractivity contribution in [2.75, 3.05) is 12.4 Å². The molecular formula is C23H19ClN2O4S. The normalized spacial score (nSPS) is 10.9. The number of hydrogen-bond donors (Lipinski definition) is 1. The van der Waals surface area contributed by atoms with Crippen molar-refractivity contribution in [2.45, 2.75) is 19.8 Å². The van der Waals surface area contributed by atoms with E-state index in [2.05, 4.69) is 10.3 Å². The molecule has 1 N–H and O–H groups in total. The first-order chi connectivity index (χ1) is 15.0. The summed E-state index contributed by atoms with van der Waals surface area (Å²) in [7, 11) is 1.31. The summed E-state index contributed by atoms with van der Waals surface area (Å²) in [5, 5.41) is 4.03. The maximum absolute atomic E-state index is 12.6. The van der Waals surface area contributed by atoms with Crippen LogP contribution < -0.4 is 5.32 Å². The molecule has 0 radical (unpaired) electrons. The predicted octanol–water partition coefficient (Wildman–Crippen LogP) is 5.88. The number of nitrogens with one attached hydrogen (secondary N) is 1. The van der Waals surface area contributed by atoms with Gasteiger partial charge in [0.1, 0.15) is 16.3 Å². The molecule has 1 amide bonds. The average Bonchev–Trinajstić information content (AvgIpc) is 3.33. The number of methoxy groups -OCH3 is 1. The maximum Gasteiger partial charge on any atom is 0.342 e. The highest BCUT2D eigenvalue weighted by molar-refractivity contribution is 7.21. The van der Waals surface area contributed by atoms with E-state index in [-0.39, 0.29) is 23.8 Å². The van der Waals surface area contributed by atoms with E-state index >= 15 is 0 Å². The minimum atomic E-state index is -0.544. The summed E-state index contributed by atoms with van der Waals surface area (Å²) in [6.45, 7) is 1.66. The number of halogens is 1. The standard InChI is InChI=1S/C23H19ClN2O4S/c1-13-19(23(28)29-2)20(22-25-16-5-3-4-6-17(16)31-22)21(30-13)26-18(27)12-9-14-7-10-15(24)11-8-14/h3-8,10-11H,9,12H2,1-2H3,(H,26,27). The van der Waals surface area contributed by atoms with E-state index in [0.29, 0.717) is 27.8 Å². The molecular weight excluding hydrogens is 436 g/mol. The number of carbonyl (C=O) groups excluding carboxylic acids is 2. The van der Waals surface area contributed by atoms with Crippen LogP contribution in [0.1, 0.15) is 28.1 Å². The molecule has 31 heavy (non-hydrogen) atoms. The Labute approximate surface area is 187 Å². The van der Waals surface area contributed by atoms with Crippen LogP contribution in [0.5, 0.6) is 0 Å². The van der Waals surface area contributed by atoms with Crippen molar-refractivity contribution in [1.82, 2.24) is 4.98 Å². The molecule has 6 nitrogen and oxygen atoms in total. The molecule has 0 saturated carbocycles. The van der Waals surface area contributed by atoms with Gasteiger partial charge in [-0.3, -0.25) is 10.1 Å². The minimum Gasteiger partial charge on any atom is -0.465 e. The zero-order valence-electron chi connectivity index (χ0n) is 16.9. The van der Waals surface area contributed by atoms with Crippen LogP contribution in [0.25, 0.3) is 20.8 Å². The molecule has 0 spiro atoms. The molecule has 0 aliphatic heterocycles. The van der Waals surface area contributed by atoms with Crippen molar-refractivity contribution in [2.24, 2.45) is 0 Å². The molecule has 2 heterocycles. The number of thiazole rings is 1. The number of benzene rings is 2. The highest BCUT2D eigenvalue weighted by atomic mass is 35.5. The summed E-state index contributed by atoms with van der Waals surface area (Å²) < 4.78 is 11.7. The Morgan fingerprint density at radius 2 is 1.90 bits per heavy atom. The first kappa shape index (κ1) is 21.1. The van der Waals surface area contributed by atoms with Crippen LogP contribution in [0.3, 0.4) is 0 Å². The molecule has 0 atom stereocenters. The number of aromatic nitrogens is 1. The fourth-order valence-corrected chi connectivity index (χ4v) is 4.40. The van der Waals surface area contributed by atoms with Crippen molar-refractivity contribution in [3.63, 3.8) is 0 Å². The minimum absolute atomic E-state index is 0.193. The van der Waals surface area contributed by atoms with Crippen molar-refractivity contribution >= 4 is 50.9 Å². The Kier molecular flexibility index (Phi) is 6.06. The maximum atomic E-state index is 12.6. The number of furan rings is 1. The van der Waals surface area contributed by atoms with Gasteiger partial charge in [0.05, 0.1) is 22.9 Å². The van der Waals surface area contributed by atoms with Gasteiger partial charge < -0.3 is 9.15 Å². The van der Waals surface area contributed by atoms with Crippen LogP contribution in [0.2, 0.25) is 5.02 Å². The van der Waals surface area contributed by atoms with Crippen molar-refractivity contribution in [3.05, 3.63) is 70.4 Å². The fourth-order valence-electron chi connectivity index (χ4n) is 3.26. The van der Waals surface area contributed by atoms with E-state index in [9.17, 15) is 9.59 Å². The van der Waals surface area contributed by atoms with Crippen molar-refractivity contribution in [3.8, 4) is 10.6 Å². The zero-order valence-corrected chi connectivity index (χ0v) is 18.5. The van der Waals surface area contributed by atoms with Crippen LogP contribution in [-0.2, 0) is 16.0 Å². The van der Waals surface area contributed by atoms with Crippen molar-refractivity contribution < 1.29 is 18.7 Å². The van der Waals surface area contributed by atoms with Crippen LogP contribution in [0.4, 0.5) is 5.88 Å². The summed E-state index contributed by atoms with van der Waals surface area (Å²) in [6.07, 6.45) is 0.789. The van der Waals surface area contributed by atoms with Crippen molar-refractivity contribution in [1.29, 1.82) is 0 Å². The third-order valence-electron chi connectivity index (χ3n) is 4.79. The molecule has 4 aromatic rings. The number of fused-ring (bicyclic) bond motifs is 1. The second-order valence-electron chi connectivity index (χ2n) is 6.89. The number of esters is 1. The van der Waals surface area contributed by atoms with E-state index in [1.165, 1.54) is 18.4 Å². The lowest BCUT2D eigenvalue weighted by Gasteiger charge is -2.05. The van der Waals surface area contributed by atoms with Gasteiger partial charge >= 0.3 is 5.97 Å². The Morgan fingerprint density at radius 3 is 2.61 bits per heavy atom. The lowest BCUT2D eigenvalue weighted by Crippen LogP contribution is -2.13. The molecule has 2 aromatic carbocycles. The van der Waals surface area contributed by atoms with Gasteiger partial charge in [0.25, 0.3) is 0 Å². The SMILES string of the molecule is COC(=O)c1c(C)oc(NC(=O)CCc2ccc(Cl)cc2)c1-c1nc2ccccc2s1. The lowest BCUT2D eigenvalue weighted by molar-refractivity contribution is -0.116. The number of anilines is 1. The summed E-state index contributed by atoms with van der Waals surface area (Å²) in [6, 6.07) is 15.0. The average molecular weight is 455 g/mol. The highest BCUT2D eigenvalue weighted by Crippen LogP contribution is 2.40. The van der Waals surface area contributed by atoms with Gasteiger partial charge in [0.2, 0.25) is 11.8 Å². The number of ether oxygens (including phenoxy) is 1. The second-order valence-corrected chi connectivity index (χ2v) is 8.36. The fraction of sp³-hybridized carbons (Fsp3) is 0.174. The molecule has 0 aliphatic carbocycles. The zero-order chi connectivity index (χ0) is 22.0. The van der Waals surface area contributed by atoms with Crippen LogP contribution >= 0.6 is 22.9 Å². The first-order valence-electron chi connectivity index (χ1n) is 9.58. The van der Waals surface area contributed by atoms with E-state index in [4.69, 9.17) is 20.8 Å². The third-order valence-corrected chi connectivity index (χ3v) is 6.09. The summed E-state index contributed by atoms with van der Waals surface area (Å²) >= 11 is 7.32. The van der Waals surface area contributed by atoms with Crippen LogP contribution in [0.15, 0.2) is 52.9 Å². The molecule has 0 unspecified atom stereocenters. The number of carbonyl (C=O) groups is 2. The van der Waals surface area contributed by atoms with E-state index in [1.807, 2.05) is 36.4 Å². The predicted molar refractivity (Wildman–Crippen MR) is 122 cm³/mol.